The lowest BCUT2D eigenvalue weighted by Crippen LogP contribution is -2.53. The number of nitrogens with zero attached hydrogens (tertiary/aromatic N) is 2. The third kappa shape index (κ3) is 1.99. The van der Waals surface area contributed by atoms with Gasteiger partial charge in [0.05, 0.1) is 24.6 Å². The number of carbonyl (C=O) groups excluding carboxylic acids is 3. The minimum absolute atomic E-state index is 0.299. The standard InChI is InChI=1S/C18H19N3O5/c1-8-10-7-9(5-6-11(10)26-20-8)14-12-13(16(23)21(3)15(12)22)18(2,19-14)17(24)25-4/h5-7,12-14,19H,1-4H3/t12-,13-,14-,18-/m1/s1. The molecule has 4 rings (SSSR count). The van der Waals surface area contributed by atoms with Gasteiger partial charge in [-0.1, -0.05) is 11.2 Å². The Bertz CT molecular complexity index is 951. The average molecular weight is 357 g/mol. The van der Waals surface area contributed by atoms with E-state index in [0.29, 0.717) is 5.58 Å². The normalized spacial score (nSPS) is 30.9. The number of methoxy groups -OCH3 is 1. The molecule has 8 nitrogen and oxygen atoms in total. The predicted octanol–water partition coefficient (Wildman–Crippen LogP) is 0.943. The maximum absolute atomic E-state index is 12.7. The van der Waals surface area contributed by atoms with Crippen LogP contribution in [0.5, 0.6) is 0 Å². The summed E-state index contributed by atoms with van der Waals surface area (Å²) in [7, 11) is 2.72. The Kier molecular flexibility index (Phi) is 3.46. The molecule has 8 heteroatoms. The number of hydrogen-bond acceptors (Lipinski definition) is 7. The number of fused-ring (bicyclic) bond motifs is 2. The molecule has 2 saturated heterocycles. The largest absolute Gasteiger partial charge is 0.468 e. The molecule has 0 bridgehead atoms. The van der Waals surface area contributed by atoms with Crippen LogP contribution < -0.4 is 5.32 Å². The first-order chi connectivity index (χ1) is 12.3. The molecule has 26 heavy (non-hydrogen) atoms. The molecule has 0 saturated carbocycles. The van der Waals surface area contributed by atoms with Crippen LogP contribution in [-0.2, 0) is 19.1 Å². The van der Waals surface area contributed by atoms with Gasteiger partial charge in [0, 0.05) is 18.5 Å². The summed E-state index contributed by atoms with van der Waals surface area (Å²) in [4.78, 5) is 39.0. The number of hydrogen-bond donors (Lipinski definition) is 1. The molecule has 3 heterocycles. The molecule has 1 aromatic carbocycles. The van der Waals surface area contributed by atoms with Crippen LogP contribution in [0.25, 0.3) is 11.0 Å². The van der Waals surface area contributed by atoms with Crippen molar-refractivity contribution in [1.29, 1.82) is 0 Å². The molecule has 2 aliphatic rings. The molecule has 0 aliphatic carbocycles. The van der Waals surface area contributed by atoms with Crippen LogP contribution in [0.4, 0.5) is 0 Å². The predicted molar refractivity (Wildman–Crippen MR) is 89.8 cm³/mol. The first-order valence-corrected chi connectivity index (χ1v) is 8.33. The molecule has 2 aliphatic heterocycles. The van der Waals surface area contributed by atoms with Gasteiger partial charge in [0.1, 0.15) is 5.54 Å². The van der Waals surface area contributed by atoms with Gasteiger partial charge in [-0.25, -0.2) is 0 Å². The van der Waals surface area contributed by atoms with E-state index in [0.717, 1.165) is 21.5 Å². The van der Waals surface area contributed by atoms with E-state index in [1.165, 1.54) is 14.2 Å². The van der Waals surface area contributed by atoms with Crippen LogP contribution in [0.15, 0.2) is 22.7 Å². The topological polar surface area (TPSA) is 102 Å². The number of imide groups is 1. The Morgan fingerprint density at radius 1 is 1.35 bits per heavy atom. The van der Waals surface area contributed by atoms with E-state index in [-0.39, 0.29) is 11.8 Å². The van der Waals surface area contributed by atoms with Crippen molar-refractivity contribution in [2.24, 2.45) is 11.8 Å². The molecule has 2 amide bonds. The van der Waals surface area contributed by atoms with E-state index in [2.05, 4.69) is 10.5 Å². The van der Waals surface area contributed by atoms with E-state index >= 15 is 0 Å². The van der Waals surface area contributed by atoms with E-state index in [1.807, 2.05) is 19.1 Å². The number of benzene rings is 1. The molecular weight excluding hydrogens is 338 g/mol. The van der Waals surface area contributed by atoms with Gasteiger partial charge in [-0.2, -0.15) is 0 Å². The molecule has 0 spiro atoms. The molecule has 0 radical (unpaired) electrons. The molecular formula is C18H19N3O5. The zero-order valence-corrected chi connectivity index (χ0v) is 14.9. The number of ether oxygens (including phenoxy) is 1. The van der Waals surface area contributed by atoms with Crippen LogP contribution in [-0.4, -0.2) is 47.5 Å². The Labute approximate surface area is 149 Å². The average Bonchev–Trinajstić information content (AvgIpc) is 3.24. The van der Waals surface area contributed by atoms with Crippen molar-refractivity contribution in [2.75, 3.05) is 14.2 Å². The quantitative estimate of drug-likeness (QED) is 0.630. The Balaban J connectivity index is 1.85. The first-order valence-electron chi connectivity index (χ1n) is 8.33. The van der Waals surface area contributed by atoms with E-state index in [1.54, 1.807) is 13.0 Å². The van der Waals surface area contributed by atoms with Gasteiger partial charge in [0.15, 0.2) is 5.58 Å². The van der Waals surface area contributed by atoms with Crippen molar-refractivity contribution in [3.8, 4) is 0 Å². The Morgan fingerprint density at radius 3 is 2.77 bits per heavy atom. The monoisotopic (exact) mass is 357 g/mol. The second-order valence-corrected chi connectivity index (χ2v) is 7.08. The minimum atomic E-state index is -1.28. The second-order valence-electron chi connectivity index (χ2n) is 7.08. The lowest BCUT2D eigenvalue weighted by molar-refractivity contribution is -0.152. The molecule has 136 valence electrons. The van der Waals surface area contributed by atoms with Gasteiger partial charge >= 0.3 is 5.97 Å². The zero-order valence-electron chi connectivity index (χ0n) is 14.9. The van der Waals surface area contributed by atoms with Gasteiger partial charge in [0.2, 0.25) is 11.8 Å². The van der Waals surface area contributed by atoms with E-state index in [4.69, 9.17) is 9.26 Å². The molecule has 4 atom stereocenters. The van der Waals surface area contributed by atoms with Gasteiger partial charge in [0.25, 0.3) is 0 Å². The summed E-state index contributed by atoms with van der Waals surface area (Å²) in [6.07, 6.45) is 0. The summed E-state index contributed by atoms with van der Waals surface area (Å²) in [5.74, 6) is -2.71. The van der Waals surface area contributed by atoms with Crippen molar-refractivity contribution in [2.45, 2.75) is 25.4 Å². The van der Waals surface area contributed by atoms with Gasteiger partial charge < -0.3 is 9.26 Å². The summed E-state index contributed by atoms with van der Waals surface area (Å²) in [6.45, 7) is 3.45. The fraction of sp³-hybridized carbons (Fsp3) is 0.444. The van der Waals surface area contributed by atoms with Crippen LogP contribution in [0.3, 0.4) is 0 Å². The highest BCUT2D eigenvalue weighted by Gasteiger charge is 2.66. The Hall–Kier alpha value is -2.74. The van der Waals surface area contributed by atoms with Crippen molar-refractivity contribution >= 4 is 28.8 Å². The number of amides is 2. The summed E-state index contributed by atoms with van der Waals surface area (Å²) < 4.78 is 10.1. The number of carbonyl (C=O) groups is 3. The van der Waals surface area contributed by atoms with Gasteiger partial charge in [-0.3, -0.25) is 24.6 Å². The molecule has 2 aromatic rings. The highest BCUT2D eigenvalue weighted by Crippen LogP contribution is 2.48. The van der Waals surface area contributed by atoms with Crippen LogP contribution >= 0.6 is 0 Å². The maximum atomic E-state index is 12.7. The summed E-state index contributed by atoms with van der Waals surface area (Å²) in [5.41, 5.74) is 0.892. The second kappa shape index (κ2) is 5.38. The van der Waals surface area contributed by atoms with Crippen molar-refractivity contribution in [1.82, 2.24) is 15.4 Å². The van der Waals surface area contributed by atoms with E-state index < -0.39 is 29.4 Å². The van der Waals surface area contributed by atoms with Crippen LogP contribution in [0.1, 0.15) is 24.2 Å². The Morgan fingerprint density at radius 2 is 2.08 bits per heavy atom. The summed E-state index contributed by atoms with van der Waals surface area (Å²) >= 11 is 0. The smallest absolute Gasteiger partial charge is 0.326 e. The number of aryl methyl sites for hydroxylation is 1. The van der Waals surface area contributed by atoms with Crippen molar-refractivity contribution in [3.63, 3.8) is 0 Å². The third-order valence-electron chi connectivity index (χ3n) is 5.65. The lowest BCUT2D eigenvalue weighted by atomic mass is 9.80. The van der Waals surface area contributed by atoms with Gasteiger partial charge in [-0.05, 0) is 31.5 Å². The third-order valence-corrected chi connectivity index (χ3v) is 5.65. The highest BCUT2D eigenvalue weighted by atomic mass is 16.5. The number of nitrogens with one attached hydrogen (secondary N) is 1. The van der Waals surface area contributed by atoms with Gasteiger partial charge in [-0.15, -0.1) is 0 Å². The van der Waals surface area contributed by atoms with Crippen LogP contribution in [0.2, 0.25) is 0 Å². The van der Waals surface area contributed by atoms with Crippen molar-refractivity contribution in [3.05, 3.63) is 29.5 Å². The molecule has 0 unspecified atom stereocenters. The SMILES string of the molecule is COC(=O)[C@]1(C)N[C@H](c2ccc3onc(C)c3c2)[C@@H]2C(=O)N(C)C(=O)[C@@H]21. The highest BCUT2D eigenvalue weighted by molar-refractivity contribution is 6.09. The number of esters is 1. The fourth-order valence-corrected chi connectivity index (χ4v) is 4.24. The number of rotatable bonds is 2. The molecule has 1 N–H and O–H groups in total. The van der Waals surface area contributed by atoms with Crippen molar-refractivity contribution < 1.29 is 23.6 Å². The fourth-order valence-electron chi connectivity index (χ4n) is 4.24. The minimum Gasteiger partial charge on any atom is -0.468 e. The zero-order chi connectivity index (χ0) is 18.8. The summed E-state index contributed by atoms with van der Waals surface area (Å²) in [5, 5.41) is 7.97. The first kappa shape index (κ1) is 16.7. The molecule has 2 fully saturated rings. The maximum Gasteiger partial charge on any atom is 0.326 e. The van der Waals surface area contributed by atoms with Crippen LogP contribution in [0, 0.1) is 18.8 Å². The number of likely N-dealkylation sites (tertiary alicyclic amines) is 1. The lowest BCUT2D eigenvalue weighted by Gasteiger charge is -2.27. The molecule has 1 aromatic heterocycles. The van der Waals surface area contributed by atoms with E-state index in [9.17, 15) is 14.4 Å². The number of aromatic nitrogens is 1. The summed E-state index contributed by atoms with van der Waals surface area (Å²) in [6, 6.07) is 4.99.